The zero-order valence-electron chi connectivity index (χ0n) is 16.2. The van der Waals surface area contributed by atoms with Gasteiger partial charge < -0.3 is 20.1 Å². The fourth-order valence-electron chi connectivity index (χ4n) is 3.04. The van der Waals surface area contributed by atoms with Gasteiger partial charge in [0.25, 0.3) is 0 Å². The van der Waals surface area contributed by atoms with Crippen LogP contribution >= 0.6 is 11.8 Å². The maximum Gasteiger partial charge on any atom is 0.407 e. The number of hydrogen-bond donors (Lipinski definition) is 2. The molecule has 6 nitrogen and oxygen atoms in total. The second-order valence-electron chi connectivity index (χ2n) is 8.11. The van der Waals surface area contributed by atoms with Gasteiger partial charge in [0, 0.05) is 30.9 Å². The van der Waals surface area contributed by atoms with Crippen LogP contribution in [0.3, 0.4) is 0 Å². The first-order valence-electron chi connectivity index (χ1n) is 9.11. The zero-order chi connectivity index (χ0) is 19.0. The third-order valence-electron chi connectivity index (χ3n) is 3.98. The Bertz CT molecular complexity index is 437. The average Bonchev–Trinajstić information content (AvgIpc) is 2.90. The summed E-state index contributed by atoms with van der Waals surface area (Å²) in [5.41, 5.74) is -0.448. The maximum atomic E-state index is 11.8. The molecule has 1 heterocycles. The summed E-state index contributed by atoms with van der Waals surface area (Å²) in [7, 11) is 0. The number of carbonyl (C=O) groups excluding carboxylic acids is 1. The number of thioether (sulfide) groups is 1. The van der Waals surface area contributed by atoms with Crippen molar-refractivity contribution < 1.29 is 19.4 Å². The molecule has 1 aliphatic heterocycles. The molecule has 0 aromatic rings. The molecule has 0 radical (unpaired) electrons. The van der Waals surface area contributed by atoms with Crippen LogP contribution in [0.1, 0.15) is 53.9 Å². The fourth-order valence-corrected chi connectivity index (χ4v) is 3.92. The predicted octanol–water partition coefficient (Wildman–Crippen LogP) is 3.21. The van der Waals surface area contributed by atoms with Crippen molar-refractivity contribution in [3.63, 3.8) is 0 Å². The summed E-state index contributed by atoms with van der Waals surface area (Å²) in [5.74, 6) is 1.52. The number of rotatable bonds is 9. The Labute approximate surface area is 156 Å². The zero-order valence-corrected chi connectivity index (χ0v) is 17.0. The number of carbonyl (C=O) groups is 2. The Balaban J connectivity index is 2.41. The maximum absolute atomic E-state index is 11.8. The van der Waals surface area contributed by atoms with Crippen LogP contribution in [0.25, 0.3) is 0 Å². The summed E-state index contributed by atoms with van der Waals surface area (Å²) in [5, 5.41) is 12.8. The van der Waals surface area contributed by atoms with Crippen molar-refractivity contribution in [1.82, 2.24) is 10.2 Å². The first kappa shape index (κ1) is 22.1. The molecular formula is C18H34N2O4S. The molecule has 1 amide bonds. The highest BCUT2D eigenvalue weighted by atomic mass is 32.2. The molecule has 0 saturated carbocycles. The summed E-state index contributed by atoms with van der Waals surface area (Å²) < 4.78 is 5.33. The molecule has 146 valence electrons. The second kappa shape index (κ2) is 10.3. The van der Waals surface area contributed by atoms with E-state index in [4.69, 9.17) is 4.74 Å². The van der Waals surface area contributed by atoms with E-state index in [1.54, 1.807) is 11.8 Å². The van der Waals surface area contributed by atoms with Gasteiger partial charge in [0.1, 0.15) is 5.60 Å². The van der Waals surface area contributed by atoms with Crippen LogP contribution in [-0.4, -0.2) is 64.3 Å². The summed E-state index contributed by atoms with van der Waals surface area (Å²) >= 11 is 1.57. The molecule has 1 saturated heterocycles. The van der Waals surface area contributed by atoms with E-state index in [2.05, 4.69) is 19.2 Å². The van der Waals surface area contributed by atoms with Gasteiger partial charge in [-0.3, -0.25) is 4.79 Å². The Hall–Kier alpha value is -0.950. The number of hydrogen-bond acceptors (Lipinski definition) is 5. The van der Waals surface area contributed by atoms with E-state index >= 15 is 0 Å². The molecule has 0 aliphatic carbocycles. The third-order valence-corrected chi connectivity index (χ3v) is 5.06. The lowest BCUT2D eigenvalue weighted by atomic mass is 10.0. The molecule has 0 unspecified atom stereocenters. The summed E-state index contributed by atoms with van der Waals surface area (Å²) in [4.78, 5) is 24.6. The quantitative estimate of drug-likeness (QED) is 0.603. The lowest BCUT2D eigenvalue weighted by Gasteiger charge is -2.26. The van der Waals surface area contributed by atoms with E-state index in [1.165, 1.54) is 4.90 Å². The molecule has 0 aromatic heterocycles. The Kier molecular flexibility index (Phi) is 9.07. The van der Waals surface area contributed by atoms with Gasteiger partial charge in [-0.15, -0.1) is 11.8 Å². The van der Waals surface area contributed by atoms with Gasteiger partial charge >= 0.3 is 12.1 Å². The molecule has 0 aromatic carbocycles. The number of nitrogens with zero attached hydrogens (tertiary/aromatic N) is 1. The monoisotopic (exact) mass is 374 g/mol. The van der Waals surface area contributed by atoms with Gasteiger partial charge in [-0.05, 0) is 46.0 Å². The van der Waals surface area contributed by atoms with Gasteiger partial charge in [-0.1, -0.05) is 13.8 Å². The first-order chi connectivity index (χ1) is 11.6. The largest absolute Gasteiger partial charge is 0.465 e. The summed E-state index contributed by atoms with van der Waals surface area (Å²) in [6.07, 6.45) is 2.02. The number of carboxylic acid groups (broad SMARTS) is 1. The van der Waals surface area contributed by atoms with E-state index in [0.717, 1.165) is 25.0 Å². The van der Waals surface area contributed by atoms with Gasteiger partial charge in [0.05, 0.1) is 5.75 Å². The van der Waals surface area contributed by atoms with Gasteiger partial charge in [-0.25, -0.2) is 4.79 Å². The van der Waals surface area contributed by atoms with E-state index < -0.39 is 11.7 Å². The highest BCUT2D eigenvalue weighted by Crippen LogP contribution is 2.18. The van der Waals surface area contributed by atoms with Crippen LogP contribution in [-0.2, 0) is 9.53 Å². The van der Waals surface area contributed by atoms with Crippen LogP contribution in [0.2, 0.25) is 0 Å². The van der Waals surface area contributed by atoms with Gasteiger partial charge in [0.15, 0.2) is 0 Å². The average molecular weight is 375 g/mol. The minimum Gasteiger partial charge on any atom is -0.465 e. The van der Waals surface area contributed by atoms with Crippen LogP contribution < -0.4 is 5.32 Å². The molecule has 0 bridgehead atoms. The fraction of sp³-hybridized carbons (Fsp3) is 0.889. The minimum atomic E-state index is -0.830. The minimum absolute atomic E-state index is 0.0584. The highest BCUT2D eigenvalue weighted by molar-refractivity contribution is 7.99. The van der Waals surface area contributed by atoms with Gasteiger partial charge in [0.2, 0.25) is 0 Å². The van der Waals surface area contributed by atoms with E-state index in [1.807, 2.05) is 20.8 Å². The predicted molar refractivity (Wildman–Crippen MR) is 102 cm³/mol. The lowest BCUT2D eigenvalue weighted by Crippen LogP contribution is -2.45. The van der Waals surface area contributed by atoms with Crippen molar-refractivity contribution in [1.29, 1.82) is 0 Å². The molecule has 2 N–H and O–H groups in total. The molecule has 1 rings (SSSR count). The topological polar surface area (TPSA) is 78.9 Å². The number of esters is 1. The van der Waals surface area contributed by atoms with E-state index in [9.17, 15) is 14.7 Å². The number of likely N-dealkylation sites (tertiary alicyclic amines) is 1. The Morgan fingerprint density at radius 1 is 1.36 bits per heavy atom. The SMILES string of the molecule is CC(C)C[C@@H](CSCC(=O)OC(C)(C)C)NC[C@@H]1CCCN1C(=O)O. The van der Waals surface area contributed by atoms with Crippen molar-refractivity contribution in [3.05, 3.63) is 0 Å². The third kappa shape index (κ3) is 9.35. The molecule has 0 spiro atoms. The Morgan fingerprint density at radius 2 is 2.04 bits per heavy atom. The van der Waals surface area contributed by atoms with Crippen molar-refractivity contribution >= 4 is 23.8 Å². The van der Waals surface area contributed by atoms with E-state index in [0.29, 0.717) is 24.8 Å². The summed E-state index contributed by atoms with van der Waals surface area (Å²) in [6.45, 7) is 11.3. The number of nitrogens with one attached hydrogen (secondary N) is 1. The molecule has 1 aliphatic rings. The van der Waals surface area contributed by atoms with Crippen LogP contribution in [0.15, 0.2) is 0 Å². The Morgan fingerprint density at radius 3 is 2.60 bits per heavy atom. The summed E-state index contributed by atoms with van der Waals surface area (Å²) in [6, 6.07) is 0.326. The molecule has 2 atom stereocenters. The van der Waals surface area contributed by atoms with Crippen LogP contribution in [0, 0.1) is 5.92 Å². The van der Waals surface area contributed by atoms with Gasteiger partial charge in [-0.2, -0.15) is 0 Å². The lowest BCUT2D eigenvalue weighted by molar-refractivity contribution is -0.151. The number of ether oxygens (including phenoxy) is 1. The normalized spacial score (nSPS) is 19.3. The first-order valence-corrected chi connectivity index (χ1v) is 10.3. The number of amides is 1. The van der Waals surface area contributed by atoms with Crippen molar-refractivity contribution in [2.75, 3.05) is 24.6 Å². The molecule has 25 heavy (non-hydrogen) atoms. The highest BCUT2D eigenvalue weighted by Gasteiger charge is 2.28. The molecule has 1 fully saturated rings. The smallest absolute Gasteiger partial charge is 0.407 e. The molecule has 7 heteroatoms. The van der Waals surface area contributed by atoms with Crippen molar-refractivity contribution in [2.45, 2.75) is 71.6 Å². The van der Waals surface area contributed by atoms with Crippen molar-refractivity contribution in [2.24, 2.45) is 5.92 Å². The van der Waals surface area contributed by atoms with Crippen LogP contribution in [0.4, 0.5) is 4.79 Å². The van der Waals surface area contributed by atoms with Crippen LogP contribution in [0.5, 0.6) is 0 Å². The van der Waals surface area contributed by atoms with E-state index in [-0.39, 0.29) is 18.1 Å². The van der Waals surface area contributed by atoms with Crippen molar-refractivity contribution in [3.8, 4) is 0 Å². The second-order valence-corrected chi connectivity index (χ2v) is 9.14. The molecular weight excluding hydrogens is 340 g/mol. The standard InChI is InChI=1S/C18H34N2O4S/c1-13(2)9-14(11-25-12-16(21)24-18(3,4)5)19-10-15-7-6-8-20(15)17(22)23/h13-15,19H,6-12H2,1-5H3,(H,22,23)/t14-,15-/m0/s1.